The van der Waals surface area contributed by atoms with Crippen molar-refractivity contribution in [2.75, 3.05) is 54.8 Å². The van der Waals surface area contributed by atoms with Gasteiger partial charge in [-0.3, -0.25) is 4.90 Å². The number of nitrogens with one attached hydrogen (secondary N) is 2. The molecule has 8 heteroatoms. The molecule has 0 saturated carbocycles. The lowest BCUT2D eigenvalue weighted by molar-refractivity contribution is 0.232. The van der Waals surface area contributed by atoms with Gasteiger partial charge in [0, 0.05) is 44.7 Å². The van der Waals surface area contributed by atoms with Gasteiger partial charge < -0.3 is 20.0 Å². The Kier molecular flexibility index (Phi) is 7.34. The standard InChI is InChI=1S/C24H31N7O/c1-3-5-11-25-22-27-23(26-12-6-4-2)29-24(28-22)31-15-13-30(14-16-31)18-20-17-19-9-7-8-10-21(19)32-20/h3-10,17H,11-16,18H2,1-2H3,(H2,25,26,27,28,29). The number of para-hydroxylation sites is 1. The van der Waals surface area contributed by atoms with Crippen LogP contribution in [0.3, 0.4) is 0 Å². The number of aromatic nitrogens is 3. The van der Waals surface area contributed by atoms with E-state index in [1.54, 1.807) is 0 Å². The first-order valence-electron chi connectivity index (χ1n) is 11.2. The zero-order valence-corrected chi connectivity index (χ0v) is 18.8. The smallest absolute Gasteiger partial charge is 0.232 e. The molecular weight excluding hydrogens is 402 g/mol. The summed E-state index contributed by atoms with van der Waals surface area (Å²) in [5.74, 6) is 2.88. The first kappa shape index (κ1) is 21.8. The largest absolute Gasteiger partial charge is 0.460 e. The monoisotopic (exact) mass is 433 g/mol. The van der Waals surface area contributed by atoms with Crippen LogP contribution in [-0.2, 0) is 6.54 Å². The van der Waals surface area contributed by atoms with Gasteiger partial charge in [-0.05, 0) is 26.0 Å². The third-order valence-corrected chi connectivity index (χ3v) is 5.36. The fourth-order valence-electron chi connectivity index (χ4n) is 3.64. The van der Waals surface area contributed by atoms with Gasteiger partial charge in [0.25, 0.3) is 0 Å². The lowest BCUT2D eigenvalue weighted by Crippen LogP contribution is -2.46. The maximum Gasteiger partial charge on any atom is 0.232 e. The molecule has 0 atom stereocenters. The zero-order chi connectivity index (χ0) is 22.2. The Morgan fingerprint density at radius 1 is 0.906 bits per heavy atom. The van der Waals surface area contributed by atoms with E-state index in [0.717, 1.165) is 49.5 Å². The highest BCUT2D eigenvalue weighted by molar-refractivity contribution is 5.77. The number of nitrogens with zero attached hydrogens (tertiary/aromatic N) is 5. The number of benzene rings is 1. The van der Waals surface area contributed by atoms with Crippen molar-refractivity contribution in [2.24, 2.45) is 0 Å². The van der Waals surface area contributed by atoms with Gasteiger partial charge in [0.05, 0.1) is 6.54 Å². The van der Waals surface area contributed by atoms with E-state index in [1.807, 2.05) is 56.4 Å². The molecule has 4 rings (SSSR count). The maximum atomic E-state index is 5.99. The Balaban J connectivity index is 1.40. The quantitative estimate of drug-likeness (QED) is 0.492. The molecule has 0 aliphatic carbocycles. The van der Waals surface area contributed by atoms with Crippen molar-refractivity contribution in [1.29, 1.82) is 0 Å². The van der Waals surface area contributed by atoms with Crippen LogP contribution in [0.15, 0.2) is 59.1 Å². The fraction of sp³-hybridized carbons (Fsp3) is 0.375. The number of furan rings is 1. The molecule has 2 N–H and O–H groups in total. The second kappa shape index (κ2) is 10.8. The first-order chi connectivity index (χ1) is 15.7. The number of fused-ring (bicyclic) bond motifs is 1. The van der Waals surface area contributed by atoms with Crippen molar-refractivity contribution in [2.45, 2.75) is 20.4 Å². The molecule has 1 saturated heterocycles. The lowest BCUT2D eigenvalue weighted by atomic mass is 10.2. The molecule has 0 amide bonds. The molecule has 32 heavy (non-hydrogen) atoms. The van der Waals surface area contributed by atoms with Crippen molar-refractivity contribution in [3.05, 3.63) is 60.4 Å². The molecule has 0 bridgehead atoms. The molecule has 3 aromatic rings. The second-order valence-electron chi connectivity index (χ2n) is 7.70. The van der Waals surface area contributed by atoms with Gasteiger partial charge in [-0.15, -0.1) is 0 Å². The first-order valence-corrected chi connectivity index (χ1v) is 11.2. The van der Waals surface area contributed by atoms with Crippen molar-refractivity contribution in [1.82, 2.24) is 19.9 Å². The van der Waals surface area contributed by atoms with Gasteiger partial charge in [0.2, 0.25) is 17.8 Å². The van der Waals surface area contributed by atoms with Gasteiger partial charge >= 0.3 is 0 Å². The van der Waals surface area contributed by atoms with Crippen LogP contribution in [0.1, 0.15) is 19.6 Å². The van der Waals surface area contributed by atoms with E-state index < -0.39 is 0 Å². The average molecular weight is 434 g/mol. The Bertz CT molecular complexity index is 1000. The molecule has 1 aromatic carbocycles. The molecule has 0 spiro atoms. The Morgan fingerprint density at radius 2 is 1.56 bits per heavy atom. The predicted octanol–water partition coefficient (Wildman–Crippen LogP) is 3.92. The summed E-state index contributed by atoms with van der Waals surface area (Å²) in [6.45, 7) is 9.71. The number of hydrogen-bond donors (Lipinski definition) is 2. The van der Waals surface area contributed by atoms with E-state index in [9.17, 15) is 0 Å². The molecular formula is C24H31N7O. The van der Waals surface area contributed by atoms with E-state index in [4.69, 9.17) is 4.42 Å². The van der Waals surface area contributed by atoms with Crippen molar-refractivity contribution < 1.29 is 4.42 Å². The summed E-state index contributed by atoms with van der Waals surface area (Å²) in [4.78, 5) is 18.4. The molecule has 1 fully saturated rings. The Labute approximate surface area is 189 Å². The van der Waals surface area contributed by atoms with Crippen LogP contribution >= 0.6 is 0 Å². The van der Waals surface area contributed by atoms with Crippen molar-refractivity contribution in [3.63, 3.8) is 0 Å². The number of allylic oxidation sites excluding steroid dienone is 2. The fourth-order valence-corrected chi connectivity index (χ4v) is 3.64. The van der Waals surface area contributed by atoms with Gasteiger partial charge in [0.1, 0.15) is 11.3 Å². The van der Waals surface area contributed by atoms with E-state index in [0.29, 0.717) is 30.9 Å². The van der Waals surface area contributed by atoms with Gasteiger partial charge in [-0.1, -0.05) is 42.5 Å². The topological polar surface area (TPSA) is 82.4 Å². The van der Waals surface area contributed by atoms with Crippen LogP contribution in [0.2, 0.25) is 0 Å². The number of anilines is 3. The normalized spacial score (nSPS) is 15.2. The number of piperazine rings is 1. The zero-order valence-electron chi connectivity index (χ0n) is 18.8. The van der Waals surface area contributed by atoms with Crippen LogP contribution < -0.4 is 15.5 Å². The van der Waals surface area contributed by atoms with Crippen LogP contribution in [0.4, 0.5) is 17.8 Å². The van der Waals surface area contributed by atoms with E-state index >= 15 is 0 Å². The van der Waals surface area contributed by atoms with Crippen molar-refractivity contribution >= 4 is 28.8 Å². The SMILES string of the molecule is CC=CCNc1nc(NCC=CC)nc(N2CCN(Cc3cc4ccccc4o3)CC2)n1. The highest BCUT2D eigenvalue weighted by Crippen LogP contribution is 2.21. The highest BCUT2D eigenvalue weighted by atomic mass is 16.3. The third kappa shape index (κ3) is 5.64. The molecule has 0 radical (unpaired) electrons. The summed E-state index contributed by atoms with van der Waals surface area (Å²) in [5, 5.41) is 7.66. The minimum Gasteiger partial charge on any atom is -0.460 e. The van der Waals surface area contributed by atoms with Gasteiger partial charge in [-0.25, -0.2) is 0 Å². The van der Waals surface area contributed by atoms with E-state index in [-0.39, 0.29) is 0 Å². The van der Waals surface area contributed by atoms with Gasteiger partial charge in [0.15, 0.2) is 0 Å². The summed E-state index contributed by atoms with van der Waals surface area (Å²) in [7, 11) is 0. The minimum atomic E-state index is 0.584. The van der Waals surface area contributed by atoms with E-state index in [1.165, 1.54) is 0 Å². The maximum absolute atomic E-state index is 5.99. The van der Waals surface area contributed by atoms with Crippen LogP contribution in [-0.4, -0.2) is 59.1 Å². The molecule has 3 heterocycles. The summed E-state index contributed by atoms with van der Waals surface area (Å²) in [5.41, 5.74) is 0.946. The summed E-state index contributed by atoms with van der Waals surface area (Å²) >= 11 is 0. The highest BCUT2D eigenvalue weighted by Gasteiger charge is 2.21. The Hall–Kier alpha value is -3.39. The molecule has 8 nitrogen and oxygen atoms in total. The molecule has 168 valence electrons. The van der Waals surface area contributed by atoms with E-state index in [2.05, 4.69) is 47.5 Å². The van der Waals surface area contributed by atoms with Gasteiger partial charge in [-0.2, -0.15) is 15.0 Å². The van der Waals surface area contributed by atoms with Crippen molar-refractivity contribution in [3.8, 4) is 0 Å². The second-order valence-corrected chi connectivity index (χ2v) is 7.70. The summed E-state index contributed by atoms with van der Waals surface area (Å²) in [6, 6.07) is 10.3. The minimum absolute atomic E-state index is 0.584. The number of hydrogen-bond acceptors (Lipinski definition) is 8. The third-order valence-electron chi connectivity index (χ3n) is 5.36. The molecule has 0 unspecified atom stereocenters. The van der Waals surface area contributed by atoms with Crippen LogP contribution in [0, 0.1) is 0 Å². The van der Waals surface area contributed by atoms with Crippen LogP contribution in [0.5, 0.6) is 0 Å². The van der Waals surface area contributed by atoms with Crippen LogP contribution in [0.25, 0.3) is 11.0 Å². The number of rotatable bonds is 9. The molecule has 1 aliphatic heterocycles. The summed E-state index contributed by atoms with van der Waals surface area (Å²) in [6.07, 6.45) is 8.07. The molecule has 2 aromatic heterocycles. The summed E-state index contributed by atoms with van der Waals surface area (Å²) < 4.78 is 5.99. The lowest BCUT2D eigenvalue weighted by Gasteiger charge is -2.34. The average Bonchev–Trinajstić information content (AvgIpc) is 3.22. The Morgan fingerprint density at radius 3 is 2.19 bits per heavy atom. The predicted molar refractivity (Wildman–Crippen MR) is 130 cm³/mol. The molecule has 1 aliphatic rings.